The maximum Gasteiger partial charge on any atom is 0.289 e. The molecular formula is C22H27NO7S. The van der Waals surface area contributed by atoms with Gasteiger partial charge in [0.1, 0.15) is 12.4 Å². The summed E-state index contributed by atoms with van der Waals surface area (Å²) in [7, 11) is -4.34. The first kappa shape index (κ1) is 23.2. The second-order valence-corrected chi connectivity index (χ2v) is 8.83. The predicted octanol–water partition coefficient (Wildman–Crippen LogP) is 3.10. The summed E-state index contributed by atoms with van der Waals surface area (Å²) >= 11 is 0. The van der Waals surface area contributed by atoms with Gasteiger partial charge >= 0.3 is 0 Å². The number of hydrogen-bond donors (Lipinski definition) is 1. The van der Waals surface area contributed by atoms with Crippen molar-refractivity contribution in [2.24, 2.45) is 5.92 Å². The molecule has 31 heavy (non-hydrogen) atoms. The highest BCUT2D eigenvalue weighted by molar-refractivity contribution is 7.89. The van der Waals surface area contributed by atoms with Crippen LogP contribution in [-0.4, -0.2) is 57.0 Å². The fourth-order valence-electron chi connectivity index (χ4n) is 3.24. The van der Waals surface area contributed by atoms with E-state index in [4.69, 9.17) is 14.2 Å². The summed E-state index contributed by atoms with van der Waals surface area (Å²) in [5, 5.41) is 10.1. The molecule has 1 heterocycles. The summed E-state index contributed by atoms with van der Waals surface area (Å²) in [6, 6.07) is 13.4. The predicted molar refractivity (Wildman–Crippen MR) is 113 cm³/mol. The van der Waals surface area contributed by atoms with E-state index in [1.165, 1.54) is 12.1 Å². The molecule has 1 aliphatic heterocycles. The number of carbonyl (C=O) groups excluding carboxylic acids is 1. The van der Waals surface area contributed by atoms with Crippen LogP contribution >= 0.6 is 0 Å². The number of ether oxygens (including phenoxy) is 3. The van der Waals surface area contributed by atoms with E-state index in [9.17, 15) is 18.4 Å². The first-order chi connectivity index (χ1) is 14.9. The molecule has 0 aromatic heterocycles. The maximum absolute atomic E-state index is 12.7. The minimum atomic E-state index is -4.34. The topological polar surface area (TPSA) is 102 Å². The molecule has 168 valence electrons. The van der Waals surface area contributed by atoms with Gasteiger partial charge in [0.2, 0.25) is 0 Å². The van der Waals surface area contributed by atoms with Crippen molar-refractivity contribution in [3.8, 4) is 16.9 Å². The molecule has 0 aliphatic carbocycles. The SMILES string of the molecule is CCOCCOc1ccc(-c2ccc(S(=O)(=O)N(O)C(=O)C3CCOCC3)cc2)cc1. The van der Waals surface area contributed by atoms with Crippen LogP contribution in [0.15, 0.2) is 53.4 Å². The van der Waals surface area contributed by atoms with E-state index in [0.29, 0.717) is 51.6 Å². The number of carbonyl (C=O) groups is 1. The molecule has 1 N–H and O–H groups in total. The molecule has 0 saturated carbocycles. The van der Waals surface area contributed by atoms with Gasteiger partial charge in [-0.1, -0.05) is 24.3 Å². The van der Waals surface area contributed by atoms with E-state index < -0.39 is 21.8 Å². The summed E-state index contributed by atoms with van der Waals surface area (Å²) in [6.07, 6.45) is 0.769. The highest BCUT2D eigenvalue weighted by atomic mass is 32.2. The normalized spacial score (nSPS) is 14.9. The van der Waals surface area contributed by atoms with Crippen molar-refractivity contribution in [1.29, 1.82) is 0 Å². The first-order valence-electron chi connectivity index (χ1n) is 10.2. The lowest BCUT2D eigenvalue weighted by atomic mass is 10.00. The van der Waals surface area contributed by atoms with Gasteiger partial charge in [0.25, 0.3) is 15.9 Å². The molecule has 0 bridgehead atoms. The number of hydrogen-bond acceptors (Lipinski definition) is 7. The van der Waals surface area contributed by atoms with Crippen LogP contribution in [0.3, 0.4) is 0 Å². The Morgan fingerprint density at radius 1 is 1.03 bits per heavy atom. The van der Waals surface area contributed by atoms with Crippen LogP contribution in [-0.2, 0) is 24.3 Å². The number of amides is 1. The van der Waals surface area contributed by atoms with Crippen molar-refractivity contribution in [3.05, 3.63) is 48.5 Å². The van der Waals surface area contributed by atoms with Gasteiger partial charge in [-0.05, 0) is 55.2 Å². The minimum absolute atomic E-state index is 0.133. The van der Waals surface area contributed by atoms with Crippen LogP contribution in [0, 0.1) is 5.92 Å². The molecule has 8 nitrogen and oxygen atoms in total. The Bertz CT molecular complexity index is 952. The van der Waals surface area contributed by atoms with Crippen LogP contribution in [0.2, 0.25) is 0 Å². The highest BCUT2D eigenvalue weighted by Gasteiger charge is 2.34. The van der Waals surface area contributed by atoms with Crippen LogP contribution < -0.4 is 4.74 Å². The van der Waals surface area contributed by atoms with Gasteiger partial charge in [-0.25, -0.2) is 0 Å². The molecule has 1 saturated heterocycles. The Labute approximate surface area is 182 Å². The Morgan fingerprint density at radius 3 is 2.19 bits per heavy atom. The fraction of sp³-hybridized carbons (Fsp3) is 0.409. The summed E-state index contributed by atoms with van der Waals surface area (Å²) in [4.78, 5) is 12.2. The molecular weight excluding hydrogens is 422 g/mol. The summed E-state index contributed by atoms with van der Waals surface area (Å²) in [5.74, 6) is -0.681. The number of sulfonamides is 1. The van der Waals surface area contributed by atoms with Crippen LogP contribution in [0.1, 0.15) is 19.8 Å². The largest absolute Gasteiger partial charge is 0.491 e. The second-order valence-electron chi connectivity index (χ2n) is 7.07. The Balaban J connectivity index is 1.66. The van der Waals surface area contributed by atoms with Gasteiger partial charge in [0, 0.05) is 25.7 Å². The third kappa shape index (κ3) is 5.82. The Morgan fingerprint density at radius 2 is 1.61 bits per heavy atom. The molecule has 2 aromatic rings. The highest BCUT2D eigenvalue weighted by Crippen LogP contribution is 2.26. The number of benzene rings is 2. The van der Waals surface area contributed by atoms with Gasteiger partial charge in [-0.3, -0.25) is 10.0 Å². The number of rotatable bonds is 9. The first-order valence-corrected chi connectivity index (χ1v) is 11.6. The zero-order chi connectivity index (χ0) is 22.3. The lowest BCUT2D eigenvalue weighted by Gasteiger charge is -2.24. The molecule has 3 rings (SSSR count). The summed E-state index contributed by atoms with van der Waals surface area (Å²) in [6.45, 7) is 4.29. The maximum atomic E-state index is 12.7. The van der Waals surface area contributed by atoms with E-state index >= 15 is 0 Å². The lowest BCUT2D eigenvalue weighted by Crippen LogP contribution is -2.40. The smallest absolute Gasteiger partial charge is 0.289 e. The average Bonchev–Trinajstić information content (AvgIpc) is 2.82. The zero-order valence-electron chi connectivity index (χ0n) is 17.4. The monoisotopic (exact) mass is 449 g/mol. The standard InChI is InChI=1S/C22H27NO7S/c1-2-28-15-16-30-20-7-3-17(4-8-20)18-5-9-21(10-6-18)31(26,27)23(25)22(24)19-11-13-29-14-12-19/h3-10,19,25H,2,11-16H2,1H3. The van der Waals surface area contributed by atoms with Crippen LogP contribution in [0.4, 0.5) is 0 Å². The molecule has 1 aliphatic rings. The lowest BCUT2D eigenvalue weighted by molar-refractivity contribution is -0.153. The molecule has 9 heteroatoms. The molecule has 2 aromatic carbocycles. The molecule has 0 atom stereocenters. The van der Waals surface area contributed by atoms with Crippen molar-refractivity contribution in [1.82, 2.24) is 4.47 Å². The van der Waals surface area contributed by atoms with E-state index in [-0.39, 0.29) is 9.36 Å². The average molecular weight is 450 g/mol. The van der Waals surface area contributed by atoms with Crippen molar-refractivity contribution in [2.45, 2.75) is 24.7 Å². The van der Waals surface area contributed by atoms with Gasteiger partial charge < -0.3 is 14.2 Å². The zero-order valence-corrected chi connectivity index (χ0v) is 18.2. The van der Waals surface area contributed by atoms with Crippen LogP contribution in [0.5, 0.6) is 5.75 Å². The van der Waals surface area contributed by atoms with Crippen LogP contribution in [0.25, 0.3) is 11.1 Å². The summed E-state index contributed by atoms with van der Waals surface area (Å²) in [5.41, 5.74) is 1.67. The second kappa shape index (κ2) is 10.7. The van der Waals surface area contributed by atoms with Gasteiger partial charge in [0.05, 0.1) is 11.5 Å². The molecule has 0 radical (unpaired) electrons. The van der Waals surface area contributed by atoms with E-state index in [1.54, 1.807) is 12.1 Å². The van der Waals surface area contributed by atoms with Crippen molar-refractivity contribution < 1.29 is 32.6 Å². The fourth-order valence-corrected chi connectivity index (χ4v) is 4.31. The van der Waals surface area contributed by atoms with Crippen molar-refractivity contribution >= 4 is 15.9 Å². The van der Waals surface area contributed by atoms with E-state index in [2.05, 4.69) is 0 Å². The van der Waals surface area contributed by atoms with Gasteiger partial charge in [-0.15, -0.1) is 4.47 Å². The Hall–Kier alpha value is -2.46. The van der Waals surface area contributed by atoms with Crippen molar-refractivity contribution in [2.75, 3.05) is 33.0 Å². The van der Waals surface area contributed by atoms with Gasteiger partial charge in [0.15, 0.2) is 0 Å². The number of nitrogens with zero attached hydrogens (tertiary/aromatic N) is 1. The minimum Gasteiger partial charge on any atom is -0.491 e. The van der Waals surface area contributed by atoms with Crippen molar-refractivity contribution in [3.63, 3.8) is 0 Å². The molecule has 1 fully saturated rings. The third-order valence-electron chi connectivity index (χ3n) is 5.03. The molecule has 0 unspecified atom stereocenters. The van der Waals surface area contributed by atoms with E-state index in [0.717, 1.165) is 11.1 Å². The quantitative estimate of drug-likeness (QED) is 0.356. The number of hydroxylamine groups is 1. The summed E-state index contributed by atoms with van der Waals surface area (Å²) < 4.78 is 41.2. The third-order valence-corrected chi connectivity index (χ3v) is 6.53. The Kier molecular flexibility index (Phi) is 8.03. The molecule has 1 amide bonds. The van der Waals surface area contributed by atoms with Gasteiger partial charge in [-0.2, -0.15) is 8.42 Å². The molecule has 0 spiro atoms. The van der Waals surface area contributed by atoms with E-state index in [1.807, 2.05) is 31.2 Å².